The van der Waals surface area contributed by atoms with Crippen molar-refractivity contribution in [2.24, 2.45) is 5.73 Å². The lowest BCUT2D eigenvalue weighted by Gasteiger charge is -2.13. The maximum absolute atomic E-state index is 12.9. The van der Waals surface area contributed by atoms with Crippen molar-refractivity contribution in [1.29, 1.82) is 0 Å². The lowest BCUT2D eigenvalue weighted by molar-refractivity contribution is 0.537. The number of nitrogens with two attached hydrogens (primary N) is 1. The molecule has 4 N–H and O–H groups in total. The third-order valence-electron chi connectivity index (χ3n) is 2.34. The summed E-state index contributed by atoms with van der Waals surface area (Å²) in [7, 11) is 0. The van der Waals surface area contributed by atoms with Crippen molar-refractivity contribution in [2.75, 3.05) is 6.54 Å². The SMILES string of the molecule is NC1NNCC1c1cc(F)cc(F)c1. The van der Waals surface area contributed by atoms with E-state index in [4.69, 9.17) is 5.73 Å². The topological polar surface area (TPSA) is 50.1 Å². The molecule has 76 valence electrons. The first-order valence-electron chi connectivity index (χ1n) is 4.37. The molecular weight excluding hydrogens is 188 g/mol. The third kappa shape index (κ3) is 1.75. The Morgan fingerprint density at radius 2 is 1.86 bits per heavy atom. The van der Waals surface area contributed by atoms with Gasteiger partial charge in [-0.15, -0.1) is 0 Å². The van der Waals surface area contributed by atoms with Crippen LogP contribution in [0.3, 0.4) is 0 Å². The van der Waals surface area contributed by atoms with Gasteiger partial charge in [-0.25, -0.2) is 14.2 Å². The van der Waals surface area contributed by atoms with E-state index in [9.17, 15) is 8.78 Å². The first-order valence-corrected chi connectivity index (χ1v) is 4.37. The fraction of sp³-hybridized carbons (Fsp3) is 0.333. The zero-order valence-corrected chi connectivity index (χ0v) is 7.43. The lowest BCUT2D eigenvalue weighted by atomic mass is 9.97. The Balaban J connectivity index is 2.31. The first kappa shape index (κ1) is 9.51. The molecule has 0 aromatic heterocycles. The van der Waals surface area contributed by atoms with Crippen LogP contribution in [-0.4, -0.2) is 12.7 Å². The second-order valence-electron chi connectivity index (χ2n) is 3.36. The molecule has 0 saturated carbocycles. The van der Waals surface area contributed by atoms with E-state index >= 15 is 0 Å². The van der Waals surface area contributed by atoms with E-state index < -0.39 is 11.6 Å². The van der Waals surface area contributed by atoms with Crippen molar-refractivity contribution in [3.05, 3.63) is 35.4 Å². The molecule has 0 spiro atoms. The summed E-state index contributed by atoms with van der Waals surface area (Å²) in [5, 5.41) is 0. The van der Waals surface area contributed by atoms with Crippen LogP contribution in [0.25, 0.3) is 0 Å². The number of nitrogens with one attached hydrogen (secondary N) is 2. The highest BCUT2D eigenvalue weighted by molar-refractivity contribution is 5.24. The molecule has 0 bridgehead atoms. The van der Waals surface area contributed by atoms with E-state index in [0.717, 1.165) is 6.07 Å². The quantitative estimate of drug-likeness (QED) is 0.615. The maximum Gasteiger partial charge on any atom is 0.126 e. The minimum atomic E-state index is -0.570. The zero-order valence-electron chi connectivity index (χ0n) is 7.43. The van der Waals surface area contributed by atoms with Crippen LogP contribution in [0, 0.1) is 11.6 Å². The molecule has 1 aromatic carbocycles. The van der Waals surface area contributed by atoms with Gasteiger partial charge >= 0.3 is 0 Å². The Kier molecular flexibility index (Phi) is 2.45. The number of halogens is 2. The van der Waals surface area contributed by atoms with Crippen molar-refractivity contribution in [1.82, 2.24) is 10.9 Å². The molecule has 0 aliphatic carbocycles. The molecule has 1 aliphatic rings. The highest BCUT2D eigenvalue weighted by Crippen LogP contribution is 2.21. The van der Waals surface area contributed by atoms with E-state index in [2.05, 4.69) is 10.9 Å². The predicted molar refractivity (Wildman–Crippen MR) is 48.2 cm³/mol. The van der Waals surface area contributed by atoms with Crippen LogP contribution in [-0.2, 0) is 0 Å². The smallest absolute Gasteiger partial charge is 0.126 e. The van der Waals surface area contributed by atoms with Gasteiger partial charge in [0, 0.05) is 18.5 Å². The summed E-state index contributed by atoms with van der Waals surface area (Å²) in [6, 6.07) is 3.47. The Labute approximate surface area is 80.3 Å². The molecule has 2 atom stereocenters. The molecule has 14 heavy (non-hydrogen) atoms. The van der Waals surface area contributed by atoms with E-state index in [1.54, 1.807) is 0 Å². The van der Waals surface area contributed by atoms with Gasteiger partial charge in [0.15, 0.2) is 0 Å². The molecule has 1 saturated heterocycles. The molecule has 1 aromatic rings. The summed E-state index contributed by atoms with van der Waals surface area (Å²) in [6.07, 6.45) is -0.309. The van der Waals surface area contributed by atoms with Crippen LogP contribution in [0.4, 0.5) is 8.78 Å². The number of hydrazine groups is 1. The van der Waals surface area contributed by atoms with Crippen molar-refractivity contribution >= 4 is 0 Å². The van der Waals surface area contributed by atoms with Crippen LogP contribution >= 0.6 is 0 Å². The van der Waals surface area contributed by atoms with Gasteiger partial charge in [-0.3, -0.25) is 5.43 Å². The Morgan fingerprint density at radius 3 is 2.36 bits per heavy atom. The van der Waals surface area contributed by atoms with Crippen LogP contribution in [0.5, 0.6) is 0 Å². The van der Waals surface area contributed by atoms with Gasteiger partial charge in [0.05, 0.1) is 6.17 Å². The van der Waals surface area contributed by atoms with Gasteiger partial charge in [0.25, 0.3) is 0 Å². The first-order chi connectivity index (χ1) is 6.66. The highest BCUT2D eigenvalue weighted by Gasteiger charge is 2.25. The van der Waals surface area contributed by atoms with Crippen LogP contribution in [0.15, 0.2) is 18.2 Å². The number of benzene rings is 1. The molecular formula is C9H11F2N3. The molecule has 2 unspecified atom stereocenters. The van der Waals surface area contributed by atoms with Crippen LogP contribution < -0.4 is 16.6 Å². The van der Waals surface area contributed by atoms with Crippen LogP contribution in [0.2, 0.25) is 0 Å². The molecule has 0 amide bonds. The summed E-state index contributed by atoms with van der Waals surface area (Å²) in [5.41, 5.74) is 11.9. The number of hydrogen-bond acceptors (Lipinski definition) is 3. The molecule has 2 rings (SSSR count). The monoisotopic (exact) mass is 199 g/mol. The summed E-state index contributed by atoms with van der Waals surface area (Å²) in [4.78, 5) is 0. The van der Waals surface area contributed by atoms with E-state index in [-0.39, 0.29) is 12.1 Å². The minimum Gasteiger partial charge on any atom is -0.314 e. The Morgan fingerprint density at radius 1 is 1.21 bits per heavy atom. The summed E-state index contributed by atoms with van der Waals surface area (Å²) >= 11 is 0. The Bertz CT molecular complexity index is 323. The molecule has 1 aliphatic heterocycles. The minimum absolute atomic E-state index is 0.0970. The Hall–Kier alpha value is -1.04. The van der Waals surface area contributed by atoms with Gasteiger partial charge in [-0.1, -0.05) is 0 Å². The van der Waals surface area contributed by atoms with Gasteiger partial charge in [0.1, 0.15) is 11.6 Å². The molecule has 1 heterocycles. The van der Waals surface area contributed by atoms with Crippen molar-refractivity contribution in [3.8, 4) is 0 Å². The second-order valence-corrected chi connectivity index (χ2v) is 3.36. The average molecular weight is 199 g/mol. The molecule has 0 radical (unpaired) electrons. The van der Waals surface area contributed by atoms with Crippen molar-refractivity contribution in [2.45, 2.75) is 12.1 Å². The fourth-order valence-electron chi connectivity index (χ4n) is 1.63. The fourth-order valence-corrected chi connectivity index (χ4v) is 1.63. The largest absolute Gasteiger partial charge is 0.314 e. The number of rotatable bonds is 1. The van der Waals surface area contributed by atoms with Gasteiger partial charge in [-0.2, -0.15) is 0 Å². The van der Waals surface area contributed by atoms with E-state index in [1.807, 2.05) is 0 Å². The van der Waals surface area contributed by atoms with E-state index in [1.165, 1.54) is 12.1 Å². The van der Waals surface area contributed by atoms with Crippen LogP contribution in [0.1, 0.15) is 11.5 Å². The lowest BCUT2D eigenvalue weighted by Crippen LogP contribution is -2.38. The summed E-state index contributed by atoms with van der Waals surface area (Å²) < 4.78 is 25.8. The third-order valence-corrected chi connectivity index (χ3v) is 2.34. The standard InChI is InChI=1S/C9H11F2N3/c10-6-1-5(2-7(11)3-6)8-4-13-14-9(8)12/h1-3,8-9,13-14H,4,12H2. The van der Waals surface area contributed by atoms with E-state index in [0.29, 0.717) is 12.1 Å². The molecule has 5 heteroatoms. The van der Waals surface area contributed by atoms with Crippen molar-refractivity contribution in [3.63, 3.8) is 0 Å². The normalized spacial score (nSPS) is 26.8. The summed E-state index contributed by atoms with van der Waals surface area (Å²) in [5.74, 6) is -1.24. The second kappa shape index (κ2) is 3.61. The van der Waals surface area contributed by atoms with Gasteiger partial charge in [0.2, 0.25) is 0 Å². The molecule has 3 nitrogen and oxygen atoms in total. The number of hydrogen-bond donors (Lipinski definition) is 3. The summed E-state index contributed by atoms with van der Waals surface area (Å²) in [6.45, 7) is 0.573. The van der Waals surface area contributed by atoms with Crippen molar-refractivity contribution < 1.29 is 8.78 Å². The average Bonchev–Trinajstić information content (AvgIpc) is 2.49. The van der Waals surface area contributed by atoms with Gasteiger partial charge < -0.3 is 5.73 Å². The molecule has 1 fully saturated rings. The zero-order chi connectivity index (χ0) is 10.1. The predicted octanol–water partition coefficient (Wildman–Crippen LogP) is 0.441. The van der Waals surface area contributed by atoms with Gasteiger partial charge in [-0.05, 0) is 17.7 Å². The maximum atomic E-state index is 12.9. The highest BCUT2D eigenvalue weighted by atomic mass is 19.1.